The van der Waals surface area contributed by atoms with Crippen LogP contribution in [0.2, 0.25) is 0 Å². The molecule has 0 amide bonds. The van der Waals surface area contributed by atoms with Gasteiger partial charge in [0.1, 0.15) is 0 Å². The number of rotatable bonds is 3. The van der Waals surface area contributed by atoms with Crippen molar-refractivity contribution in [3.05, 3.63) is 0 Å². The van der Waals surface area contributed by atoms with Gasteiger partial charge in [0.05, 0.1) is 0 Å². The van der Waals surface area contributed by atoms with Crippen molar-refractivity contribution < 1.29 is 53.9 Å². The topological polar surface area (TPSA) is 74.6 Å². The smallest absolute Gasteiger partial charge is 0 e. The summed E-state index contributed by atoms with van der Waals surface area (Å²) < 4.78 is -1.84. The third-order valence-corrected chi connectivity index (χ3v) is 6.67. The van der Waals surface area contributed by atoms with Gasteiger partial charge in [-0.25, -0.2) is 0 Å². The zero-order valence-corrected chi connectivity index (χ0v) is 10.5. The Bertz CT molecular complexity index is 104. The molecule has 4 nitrogen and oxygen atoms in total. The molecule has 61 valence electrons. The molecule has 0 saturated heterocycles. The molecule has 0 aliphatic heterocycles. The van der Waals surface area contributed by atoms with E-state index in [2.05, 4.69) is 0 Å². The molecule has 8 heteroatoms. The average molecular weight is 353 g/mol. The van der Waals surface area contributed by atoms with Crippen LogP contribution in [-0.4, -0.2) is 47.1 Å². The van der Waals surface area contributed by atoms with Gasteiger partial charge in [0.2, 0.25) is 0 Å². The zero-order valence-electron chi connectivity index (χ0n) is 4.37. The second kappa shape index (κ2) is 10.1. The molecular weight excluding hydrogens is 350 g/mol. The number of hydrogen-bond acceptors (Lipinski definition) is 2. The first-order chi connectivity index (χ1) is 3.63. The van der Waals surface area contributed by atoms with Crippen molar-refractivity contribution in [2.45, 2.75) is 0 Å². The fourth-order valence-corrected chi connectivity index (χ4v) is 2.58. The van der Waals surface area contributed by atoms with Gasteiger partial charge in [-0.2, -0.15) is 0 Å². The predicted octanol–water partition coefficient (Wildman–Crippen LogP) is -0.607. The first kappa shape index (κ1) is 17.3. The molecule has 2 N–H and O–H groups in total. The molecule has 0 spiro atoms. The van der Waals surface area contributed by atoms with E-state index < -0.39 is 36.9 Å². The molecule has 1 unspecified atom stereocenters. The minimum Gasteiger partial charge on any atom is 0 e. The molecule has 0 rings (SSSR count). The van der Waals surface area contributed by atoms with Crippen molar-refractivity contribution in [1.82, 2.24) is 0 Å². The first-order valence-corrected chi connectivity index (χ1v) is 9.35. The summed E-state index contributed by atoms with van der Waals surface area (Å²) in [6.45, 7) is 0. The molecule has 0 aromatic rings. The van der Waals surface area contributed by atoms with Crippen LogP contribution in [0.15, 0.2) is 0 Å². The van der Waals surface area contributed by atoms with Crippen molar-refractivity contribution >= 4 is 36.9 Å². The molecular formula is C2H3As2Fe2O4. The van der Waals surface area contributed by atoms with E-state index in [0.717, 1.165) is 0 Å². The van der Waals surface area contributed by atoms with Crippen LogP contribution in [0.4, 0.5) is 9.59 Å². The molecule has 1 radical (unpaired) electrons. The standard InChI is InChI=1S/C2H3As2O4.2Fe/c5-1(6)3-4-2(7)8;;/h3H,(H,5,6)(H,7,8);;. The average Bonchev–Trinajstić information content (AvgIpc) is 1.61. The van der Waals surface area contributed by atoms with Gasteiger partial charge in [0.25, 0.3) is 0 Å². The van der Waals surface area contributed by atoms with E-state index in [1.54, 1.807) is 0 Å². The van der Waals surface area contributed by atoms with Crippen LogP contribution in [0.1, 0.15) is 0 Å². The summed E-state index contributed by atoms with van der Waals surface area (Å²) in [5.74, 6) is 0. The number of carbonyl (C=O) groups is 2. The van der Waals surface area contributed by atoms with E-state index in [4.69, 9.17) is 10.2 Å². The maximum Gasteiger partial charge on any atom is 0 e. The van der Waals surface area contributed by atoms with Crippen LogP contribution in [0.3, 0.4) is 0 Å². The van der Waals surface area contributed by atoms with E-state index in [-0.39, 0.29) is 34.1 Å². The Morgan fingerprint density at radius 1 is 1.20 bits per heavy atom. The molecule has 0 fully saturated rings. The molecule has 0 saturated carbocycles. The number of carboxylic acid groups (broad SMARTS) is 2. The maximum atomic E-state index is 9.72. The predicted molar refractivity (Wildman–Crippen MR) is 29.0 cm³/mol. The summed E-state index contributed by atoms with van der Waals surface area (Å²) in [7, 11) is 0. The van der Waals surface area contributed by atoms with Crippen LogP contribution in [0.25, 0.3) is 0 Å². The normalized spacial score (nSPS) is 9.20. The Morgan fingerprint density at radius 3 is 1.70 bits per heavy atom. The molecule has 0 heterocycles. The Hall–Kier alpha value is 1.10. The Labute approximate surface area is 90.1 Å². The van der Waals surface area contributed by atoms with Crippen molar-refractivity contribution in [3.63, 3.8) is 0 Å². The second-order valence-corrected chi connectivity index (χ2v) is 8.33. The molecule has 1 atom stereocenters. The monoisotopic (exact) mass is 353 g/mol. The van der Waals surface area contributed by atoms with Crippen LogP contribution < -0.4 is 0 Å². The van der Waals surface area contributed by atoms with Gasteiger partial charge in [-0.3, -0.25) is 0 Å². The molecule has 0 bridgehead atoms. The SMILES string of the molecule is O=C(O)[As][AsH]C(=O)O.[Fe].[Fe]. The minimum atomic E-state index is -1.18. The van der Waals surface area contributed by atoms with E-state index >= 15 is 0 Å². The summed E-state index contributed by atoms with van der Waals surface area (Å²) in [6, 6.07) is 0. The van der Waals surface area contributed by atoms with Crippen molar-refractivity contribution in [3.8, 4) is 0 Å². The van der Waals surface area contributed by atoms with Crippen LogP contribution in [0, 0.1) is 0 Å². The summed E-state index contributed by atoms with van der Waals surface area (Å²) in [6.07, 6.45) is 0. The first-order valence-electron chi connectivity index (χ1n) is 1.55. The minimum absolute atomic E-state index is 0. The fraction of sp³-hybridized carbons (Fsp3) is 0. The Morgan fingerprint density at radius 2 is 1.60 bits per heavy atom. The molecule has 0 aliphatic rings. The van der Waals surface area contributed by atoms with Gasteiger partial charge < -0.3 is 0 Å². The van der Waals surface area contributed by atoms with Crippen molar-refractivity contribution in [1.29, 1.82) is 0 Å². The largest absolute Gasteiger partial charge is 0 e. The van der Waals surface area contributed by atoms with E-state index in [9.17, 15) is 9.59 Å². The quantitative estimate of drug-likeness (QED) is 0.665. The Balaban J connectivity index is -0.000000245. The van der Waals surface area contributed by atoms with Gasteiger partial charge in [-0.05, 0) is 0 Å². The van der Waals surface area contributed by atoms with Crippen LogP contribution >= 0.6 is 0 Å². The third kappa shape index (κ3) is 16.0. The van der Waals surface area contributed by atoms with Crippen molar-refractivity contribution in [2.24, 2.45) is 0 Å². The van der Waals surface area contributed by atoms with Crippen molar-refractivity contribution in [2.75, 3.05) is 0 Å². The van der Waals surface area contributed by atoms with Crippen LogP contribution in [0.5, 0.6) is 0 Å². The van der Waals surface area contributed by atoms with Gasteiger partial charge in [0.15, 0.2) is 0 Å². The van der Waals surface area contributed by atoms with E-state index in [1.165, 1.54) is 0 Å². The summed E-state index contributed by atoms with van der Waals surface area (Å²) in [5, 5.41) is 15.9. The fourth-order valence-electron chi connectivity index (χ4n) is 0.0956. The molecule has 0 aliphatic carbocycles. The Kier molecular flexibility index (Phi) is 17.4. The zero-order chi connectivity index (χ0) is 6.57. The third-order valence-electron chi connectivity index (χ3n) is 0.247. The number of hydrogen-bond donors (Lipinski definition) is 2. The van der Waals surface area contributed by atoms with Crippen LogP contribution in [-0.2, 0) is 34.1 Å². The second-order valence-electron chi connectivity index (χ2n) is 0.811. The molecule has 0 aromatic carbocycles. The molecule has 10 heavy (non-hydrogen) atoms. The van der Waals surface area contributed by atoms with E-state index in [0.29, 0.717) is 0 Å². The van der Waals surface area contributed by atoms with Gasteiger partial charge in [-0.15, -0.1) is 0 Å². The van der Waals surface area contributed by atoms with Gasteiger partial charge in [0, 0.05) is 34.1 Å². The van der Waals surface area contributed by atoms with Gasteiger partial charge >= 0.3 is 56.7 Å². The summed E-state index contributed by atoms with van der Waals surface area (Å²) in [5.41, 5.74) is 0. The van der Waals surface area contributed by atoms with E-state index in [1.807, 2.05) is 0 Å². The summed E-state index contributed by atoms with van der Waals surface area (Å²) >= 11 is -2.09. The summed E-state index contributed by atoms with van der Waals surface area (Å²) in [4.78, 5) is 19.4. The molecule has 0 aromatic heterocycles. The maximum absolute atomic E-state index is 9.72. The van der Waals surface area contributed by atoms with Gasteiger partial charge in [-0.1, -0.05) is 0 Å².